The molecule has 0 saturated carbocycles. The Bertz CT molecular complexity index is 751. The molecule has 1 aromatic carbocycles. The van der Waals surface area contributed by atoms with Gasteiger partial charge in [-0.2, -0.15) is 0 Å². The van der Waals surface area contributed by atoms with Crippen molar-refractivity contribution in [3.8, 4) is 0 Å². The smallest absolute Gasteiger partial charge is 0.178 e. The third-order valence-corrected chi connectivity index (χ3v) is 5.74. The van der Waals surface area contributed by atoms with Gasteiger partial charge >= 0.3 is 0 Å². The molecule has 1 atom stereocenters. The van der Waals surface area contributed by atoms with Gasteiger partial charge in [0.1, 0.15) is 10.5 Å². The summed E-state index contributed by atoms with van der Waals surface area (Å²) < 4.78 is 0.483. The minimum absolute atomic E-state index is 0.0507. The highest BCUT2D eigenvalue weighted by molar-refractivity contribution is 8.24. The molecule has 0 amide bonds. The fraction of sp³-hybridized carbons (Fsp3) is 0.263. The number of thiocarbonyl (C=S) groups is 1. The summed E-state index contributed by atoms with van der Waals surface area (Å²) in [4.78, 5) is 13.3. The van der Waals surface area contributed by atoms with Crippen molar-refractivity contribution in [3.63, 3.8) is 0 Å². The van der Waals surface area contributed by atoms with Crippen LogP contribution >= 0.6 is 24.0 Å². The number of carbonyl (C=O) groups is 1. The number of nitrogens with zero attached hydrogens (tertiary/aromatic N) is 2. The van der Waals surface area contributed by atoms with E-state index in [0.717, 1.165) is 15.5 Å². The number of carbonyl (C=O) groups excluding carboxylic acids is 1. The van der Waals surface area contributed by atoms with Crippen LogP contribution in [0.15, 0.2) is 66.4 Å². The fourth-order valence-corrected chi connectivity index (χ4v) is 4.86. The summed E-state index contributed by atoms with van der Waals surface area (Å²) in [6.07, 6.45) is 7.69. The van der Waals surface area contributed by atoms with Crippen molar-refractivity contribution in [2.75, 3.05) is 0 Å². The molecule has 0 spiro atoms. The van der Waals surface area contributed by atoms with Crippen molar-refractivity contribution in [3.05, 3.63) is 72.0 Å². The van der Waals surface area contributed by atoms with E-state index in [4.69, 9.17) is 12.2 Å². The highest BCUT2D eigenvalue weighted by atomic mass is 32.2. The second-order valence-corrected chi connectivity index (χ2v) is 8.82. The molecular formula is C19H20N2O2S2. The third-order valence-electron chi connectivity index (χ3n) is 4.11. The van der Waals surface area contributed by atoms with Crippen LogP contribution in [0.1, 0.15) is 19.4 Å². The van der Waals surface area contributed by atoms with Crippen LogP contribution in [0.2, 0.25) is 0 Å². The molecule has 1 aliphatic carbocycles. The molecule has 1 aromatic rings. The van der Waals surface area contributed by atoms with Crippen molar-refractivity contribution in [1.29, 1.82) is 0 Å². The Hall–Kier alpha value is -1.89. The molecular weight excluding hydrogens is 352 g/mol. The van der Waals surface area contributed by atoms with E-state index in [9.17, 15) is 10.0 Å². The van der Waals surface area contributed by atoms with E-state index in [0.29, 0.717) is 6.54 Å². The molecule has 1 heterocycles. The topological polar surface area (TPSA) is 43.8 Å². The van der Waals surface area contributed by atoms with Crippen molar-refractivity contribution in [2.24, 2.45) is 0 Å². The number of benzene rings is 1. The molecule has 1 aliphatic heterocycles. The third kappa shape index (κ3) is 4.03. The number of hydrogen-bond donors (Lipinski definition) is 1. The van der Waals surface area contributed by atoms with Gasteiger partial charge in [-0.3, -0.25) is 10.0 Å². The van der Waals surface area contributed by atoms with Crippen LogP contribution in [-0.2, 0) is 11.3 Å². The first-order valence-corrected chi connectivity index (χ1v) is 9.22. The summed E-state index contributed by atoms with van der Waals surface area (Å²) in [5.74, 6) is -0.0507. The minimum Gasteiger partial charge on any atom is -0.329 e. The van der Waals surface area contributed by atoms with Gasteiger partial charge in [-0.05, 0) is 49.3 Å². The Morgan fingerprint density at radius 2 is 1.88 bits per heavy atom. The first-order valence-electron chi connectivity index (χ1n) is 7.99. The van der Waals surface area contributed by atoms with E-state index in [1.165, 1.54) is 17.2 Å². The van der Waals surface area contributed by atoms with Gasteiger partial charge in [0.2, 0.25) is 0 Å². The summed E-state index contributed by atoms with van der Waals surface area (Å²) in [6.45, 7) is 4.76. The number of rotatable bonds is 4. The SMILES string of the molecule is CC1(C)SC(=S)N(Cc2ccccc2)C1N(O)C=C1C=CC(=O)C=C1. The molecule has 6 heteroatoms. The molecule has 4 nitrogen and oxygen atoms in total. The van der Waals surface area contributed by atoms with Gasteiger partial charge in [-0.1, -0.05) is 54.3 Å². The maximum atomic E-state index is 11.2. The van der Waals surface area contributed by atoms with Crippen LogP contribution < -0.4 is 0 Å². The van der Waals surface area contributed by atoms with E-state index < -0.39 is 0 Å². The normalized spacial score (nSPS) is 21.8. The maximum Gasteiger partial charge on any atom is 0.178 e. The molecule has 0 radical (unpaired) electrons. The Labute approximate surface area is 157 Å². The summed E-state index contributed by atoms with van der Waals surface area (Å²) in [6, 6.07) is 10.1. The average Bonchev–Trinajstić information content (AvgIpc) is 2.79. The lowest BCUT2D eigenvalue weighted by Gasteiger charge is -2.37. The Morgan fingerprint density at radius 3 is 2.52 bits per heavy atom. The Balaban J connectivity index is 1.86. The molecule has 0 bridgehead atoms. The zero-order valence-electron chi connectivity index (χ0n) is 14.1. The first kappa shape index (κ1) is 17.9. The summed E-state index contributed by atoms with van der Waals surface area (Å²) in [5.41, 5.74) is 1.90. The van der Waals surface area contributed by atoms with Gasteiger partial charge in [0.15, 0.2) is 5.78 Å². The van der Waals surface area contributed by atoms with Crippen LogP contribution in [0, 0.1) is 0 Å². The molecule has 1 unspecified atom stereocenters. The fourth-order valence-electron chi connectivity index (χ4n) is 2.98. The maximum absolute atomic E-state index is 11.2. The van der Waals surface area contributed by atoms with E-state index in [-0.39, 0.29) is 16.7 Å². The average molecular weight is 373 g/mol. The standard InChI is InChI=1S/C19H20N2O2S2/c1-19(2)17(21(23)13-15-8-10-16(22)11-9-15)20(18(24)25-19)12-14-6-4-3-5-7-14/h3-11,13,17,23H,12H2,1-2H3. The van der Waals surface area contributed by atoms with Crippen LogP contribution in [-0.4, -0.2) is 36.2 Å². The van der Waals surface area contributed by atoms with E-state index in [1.807, 2.05) is 35.2 Å². The molecule has 0 aromatic heterocycles. The van der Waals surface area contributed by atoms with Gasteiger partial charge in [0, 0.05) is 12.7 Å². The Morgan fingerprint density at radius 1 is 1.24 bits per heavy atom. The zero-order chi connectivity index (χ0) is 18.0. The van der Waals surface area contributed by atoms with Crippen molar-refractivity contribution >= 4 is 34.1 Å². The van der Waals surface area contributed by atoms with Crippen molar-refractivity contribution in [2.45, 2.75) is 31.3 Å². The predicted octanol–water partition coefficient (Wildman–Crippen LogP) is 3.90. The van der Waals surface area contributed by atoms with Crippen molar-refractivity contribution in [1.82, 2.24) is 9.96 Å². The summed E-state index contributed by atoms with van der Waals surface area (Å²) in [7, 11) is 0. The molecule has 1 fully saturated rings. The van der Waals surface area contributed by atoms with Gasteiger partial charge in [-0.25, -0.2) is 5.06 Å². The van der Waals surface area contributed by atoms with Crippen LogP contribution in [0.25, 0.3) is 0 Å². The number of allylic oxidation sites excluding steroid dienone is 5. The lowest BCUT2D eigenvalue weighted by molar-refractivity contribution is -0.123. The second kappa shape index (κ2) is 7.15. The lowest BCUT2D eigenvalue weighted by atomic mass is 10.1. The number of hydrogen-bond acceptors (Lipinski definition) is 5. The monoisotopic (exact) mass is 372 g/mol. The quantitative estimate of drug-likeness (QED) is 0.639. The van der Waals surface area contributed by atoms with Gasteiger partial charge in [0.05, 0.1) is 4.75 Å². The molecule has 3 rings (SSSR count). The number of hydroxylamine groups is 2. The van der Waals surface area contributed by atoms with Crippen LogP contribution in [0.5, 0.6) is 0 Å². The largest absolute Gasteiger partial charge is 0.329 e. The molecule has 1 saturated heterocycles. The number of thioether (sulfide) groups is 1. The van der Waals surface area contributed by atoms with E-state index in [1.54, 1.807) is 30.1 Å². The van der Waals surface area contributed by atoms with Crippen molar-refractivity contribution < 1.29 is 10.0 Å². The predicted molar refractivity (Wildman–Crippen MR) is 105 cm³/mol. The summed E-state index contributed by atoms with van der Waals surface area (Å²) >= 11 is 7.15. The highest BCUT2D eigenvalue weighted by Gasteiger charge is 2.47. The van der Waals surface area contributed by atoms with Gasteiger partial charge in [0.25, 0.3) is 0 Å². The van der Waals surface area contributed by atoms with E-state index in [2.05, 4.69) is 13.8 Å². The van der Waals surface area contributed by atoms with Gasteiger partial charge in [-0.15, -0.1) is 0 Å². The lowest BCUT2D eigenvalue weighted by Crippen LogP contribution is -2.50. The van der Waals surface area contributed by atoms with Crippen LogP contribution in [0.4, 0.5) is 0 Å². The second-order valence-electron chi connectivity index (χ2n) is 6.54. The Kier molecular flexibility index (Phi) is 5.13. The number of ketones is 1. The highest BCUT2D eigenvalue weighted by Crippen LogP contribution is 2.43. The van der Waals surface area contributed by atoms with Gasteiger partial charge < -0.3 is 4.90 Å². The molecule has 2 aliphatic rings. The summed E-state index contributed by atoms with van der Waals surface area (Å²) in [5, 5.41) is 12.0. The zero-order valence-corrected chi connectivity index (χ0v) is 15.8. The minimum atomic E-state index is -0.308. The van der Waals surface area contributed by atoms with E-state index >= 15 is 0 Å². The first-order chi connectivity index (χ1) is 11.9. The van der Waals surface area contributed by atoms with Crippen LogP contribution in [0.3, 0.4) is 0 Å². The molecule has 130 valence electrons. The molecule has 1 N–H and O–H groups in total. The molecule has 25 heavy (non-hydrogen) atoms.